The molecule has 1 fully saturated rings. The zero-order chi connectivity index (χ0) is 22.0. The molecule has 5 nitrogen and oxygen atoms in total. The van der Waals surface area contributed by atoms with Crippen LogP contribution in [0.15, 0.2) is 48.8 Å². The van der Waals surface area contributed by atoms with Crippen LogP contribution in [-0.4, -0.2) is 21.1 Å². The van der Waals surface area contributed by atoms with Gasteiger partial charge < -0.3 is 5.32 Å². The minimum absolute atomic E-state index is 0.172. The minimum Gasteiger partial charge on any atom is -0.323 e. The van der Waals surface area contributed by atoms with E-state index in [0.717, 1.165) is 36.1 Å². The average molecular weight is 432 g/mol. The molecule has 1 aliphatic rings. The number of aromatic amines is 1. The summed E-state index contributed by atoms with van der Waals surface area (Å²) in [6.07, 6.45) is -0.186. The van der Waals surface area contributed by atoms with Crippen LogP contribution in [-0.2, 0) is 11.0 Å². The van der Waals surface area contributed by atoms with Crippen molar-refractivity contribution in [1.29, 1.82) is 0 Å². The molecule has 1 aromatic heterocycles. The van der Waals surface area contributed by atoms with Crippen LogP contribution in [0.4, 0.5) is 23.2 Å². The van der Waals surface area contributed by atoms with Crippen LogP contribution in [0.3, 0.4) is 0 Å². The molecule has 162 valence electrons. The highest BCUT2D eigenvalue weighted by Crippen LogP contribution is 2.37. The lowest BCUT2D eigenvalue weighted by Gasteiger charge is -2.29. The first-order valence-corrected chi connectivity index (χ1v) is 9.94. The minimum atomic E-state index is -4.64. The Balaban J connectivity index is 1.42. The summed E-state index contributed by atoms with van der Waals surface area (Å²) in [5.41, 5.74) is 0.677. The lowest BCUT2D eigenvalue weighted by Crippen LogP contribution is -2.28. The molecule has 1 aliphatic carbocycles. The van der Waals surface area contributed by atoms with Gasteiger partial charge in [0.25, 0.3) is 0 Å². The maximum atomic E-state index is 14.1. The van der Waals surface area contributed by atoms with E-state index in [2.05, 4.69) is 20.5 Å². The number of carbonyl (C=O) groups excluding carboxylic acids is 1. The molecule has 9 heteroatoms. The number of carbonyl (C=O) groups is 1. The molecule has 31 heavy (non-hydrogen) atoms. The van der Waals surface area contributed by atoms with Crippen LogP contribution in [0, 0.1) is 11.7 Å². The van der Waals surface area contributed by atoms with Crippen molar-refractivity contribution < 1.29 is 22.4 Å². The highest BCUT2D eigenvalue weighted by molar-refractivity contribution is 5.92. The Morgan fingerprint density at radius 3 is 2.52 bits per heavy atom. The molecule has 0 bridgehead atoms. The van der Waals surface area contributed by atoms with Gasteiger partial charge in [-0.05, 0) is 48.9 Å². The van der Waals surface area contributed by atoms with Gasteiger partial charge in [0.1, 0.15) is 12.1 Å². The fourth-order valence-electron chi connectivity index (χ4n) is 4.02. The molecular formula is C22H20F4N4O. The Hall–Kier alpha value is -3.23. The second-order valence-electron chi connectivity index (χ2n) is 7.70. The Morgan fingerprint density at radius 2 is 1.87 bits per heavy atom. The maximum absolute atomic E-state index is 14.1. The number of rotatable bonds is 4. The van der Waals surface area contributed by atoms with Crippen LogP contribution < -0.4 is 5.32 Å². The molecule has 1 amide bonds. The number of aromatic nitrogens is 3. The van der Waals surface area contributed by atoms with Gasteiger partial charge in [-0.2, -0.15) is 18.3 Å². The van der Waals surface area contributed by atoms with Gasteiger partial charge in [0.05, 0.1) is 11.3 Å². The van der Waals surface area contributed by atoms with Crippen molar-refractivity contribution in [2.45, 2.75) is 37.8 Å². The van der Waals surface area contributed by atoms with Crippen molar-refractivity contribution in [2.24, 2.45) is 5.92 Å². The second kappa shape index (κ2) is 8.49. The van der Waals surface area contributed by atoms with Gasteiger partial charge in [-0.25, -0.2) is 9.37 Å². The number of alkyl halides is 3. The molecule has 2 N–H and O–H groups in total. The monoisotopic (exact) mass is 432 g/mol. The Kier molecular flexibility index (Phi) is 5.75. The molecule has 0 spiro atoms. The van der Waals surface area contributed by atoms with Gasteiger partial charge in [-0.15, -0.1) is 0 Å². The van der Waals surface area contributed by atoms with Crippen LogP contribution in [0.5, 0.6) is 0 Å². The van der Waals surface area contributed by atoms with E-state index in [4.69, 9.17) is 0 Å². The smallest absolute Gasteiger partial charge is 0.323 e. The van der Waals surface area contributed by atoms with E-state index < -0.39 is 17.6 Å². The van der Waals surface area contributed by atoms with Crippen LogP contribution in [0.25, 0.3) is 11.4 Å². The van der Waals surface area contributed by atoms with E-state index in [1.807, 2.05) is 24.3 Å². The topological polar surface area (TPSA) is 70.7 Å². The number of anilines is 1. The fraction of sp³-hybridized carbons (Fsp3) is 0.318. The third kappa shape index (κ3) is 4.76. The van der Waals surface area contributed by atoms with Gasteiger partial charge >= 0.3 is 6.18 Å². The summed E-state index contributed by atoms with van der Waals surface area (Å²) in [4.78, 5) is 16.8. The van der Waals surface area contributed by atoms with Crippen LogP contribution in [0.1, 0.15) is 42.7 Å². The zero-order valence-corrected chi connectivity index (χ0v) is 16.4. The maximum Gasteiger partial charge on any atom is 0.416 e. The molecule has 4 rings (SSSR count). The molecule has 0 saturated heterocycles. The lowest BCUT2D eigenvalue weighted by atomic mass is 9.77. The van der Waals surface area contributed by atoms with Crippen molar-refractivity contribution >= 4 is 11.6 Å². The summed E-state index contributed by atoms with van der Waals surface area (Å²) in [5, 5.41) is 9.10. The van der Waals surface area contributed by atoms with E-state index in [9.17, 15) is 22.4 Å². The van der Waals surface area contributed by atoms with Gasteiger partial charge in [-0.1, -0.05) is 30.7 Å². The van der Waals surface area contributed by atoms with Gasteiger partial charge in [0, 0.05) is 11.5 Å². The predicted molar refractivity (Wildman–Crippen MR) is 107 cm³/mol. The summed E-state index contributed by atoms with van der Waals surface area (Å²) in [7, 11) is 0. The number of halogens is 4. The van der Waals surface area contributed by atoms with Crippen molar-refractivity contribution in [3.8, 4) is 11.4 Å². The summed E-state index contributed by atoms with van der Waals surface area (Å²) < 4.78 is 52.2. The summed E-state index contributed by atoms with van der Waals surface area (Å²) in [6, 6.07) is 10.00. The third-order valence-electron chi connectivity index (χ3n) is 5.67. The SMILES string of the molecule is O=C(Nc1ccc(C(F)(F)F)cc1F)C1CCCC(c2ccc(-c3ncn[nH]3)cc2)C1. The van der Waals surface area contributed by atoms with Crippen LogP contribution in [0.2, 0.25) is 0 Å². The van der Waals surface area contributed by atoms with E-state index in [1.54, 1.807) is 0 Å². The van der Waals surface area contributed by atoms with Crippen molar-refractivity contribution in [3.05, 3.63) is 65.7 Å². The largest absolute Gasteiger partial charge is 0.416 e. The van der Waals surface area contributed by atoms with E-state index in [-0.39, 0.29) is 23.4 Å². The normalized spacial score (nSPS) is 19.2. The number of hydrogen-bond acceptors (Lipinski definition) is 3. The lowest BCUT2D eigenvalue weighted by molar-refractivity contribution is -0.137. The first-order valence-electron chi connectivity index (χ1n) is 9.94. The molecule has 0 radical (unpaired) electrons. The van der Waals surface area contributed by atoms with Gasteiger partial charge in [0.2, 0.25) is 5.91 Å². The number of amides is 1. The van der Waals surface area contributed by atoms with Crippen molar-refractivity contribution in [3.63, 3.8) is 0 Å². The molecule has 0 aliphatic heterocycles. The quantitative estimate of drug-likeness (QED) is 0.532. The van der Waals surface area contributed by atoms with Crippen LogP contribution >= 0.6 is 0 Å². The molecule has 1 saturated carbocycles. The fourth-order valence-corrected chi connectivity index (χ4v) is 4.02. The molecule has 1 heterocycles. The number of H-pyrrole nitrogens is 1. The summed E-state index contributed by atoms with van der Waals surface area (Å²) in [5.74, 6) is -0.966. The highest BCUT2D eigenvalue weighted by atomic mass is 19.4. The second-order valence-corrected chi connectivity index (χ2v) is 7.70. The highest BCUT2D eigenvalue weighted by Gasteiger charge is 2.32. The summed E-state index contributed by atoms with van der Waals surface area (Å²) in [6.45, 7) is 0. The number of nitrogens with one attached hydrogen (secondary N) is 2. The summed E-state index contributed by atoms with van der Waals surface area (Å²) >= 11 is 0. The number of hydrogen-bond donors (Lipinski definition) is 2. The Bertz CT molecular complexity index is 1050. The van der Waals surface area contributed by atoms with E-state index >= 15 is 0 Å². The number of benzene rings is 2. The standard InChI is InChI=1S/C22H20F4N4O/c23-18-11-17(22(24,25)26)8-9-19(18)29-21(31)16-3-1-2-15(10-16)13-4-6-14(7-5-13)20-27-12-28-30-20/h4-9,11-12,15-16H,1-3,10H2,(H,29,31)(H,27,28,30). The van der Waals surface area contributed by atoms with Gasteiger partial charge in [0.15, 0.2) is 5.82 Å². The third-order valence-corrected chi connectivity index (χ3v) is 5.67. The Morgan fingerprint density at radius 1 is 1.10 bits per heavy atom. The van der Waals surface area contributed by atoms with E-state index in [0.29, 0.717) is 24.7 Å². The van der Waals surface area contributed by atoms with Crippen molar-refractivity contribution in [2.75, 3.05) is 5.32 Å². The predicted octanol–water partition coefficient (Wildman–Crippen LogP) is 5.54. The molecular weight excluding hydrogens is 412 g/mol. The first kappa shape index (κ1) is 21.0. The molecule has 3 aromatic rings. The molecule has 2 aromatic carbocycles. The van der Waals surface area contributed by atoms with E-state index in [1.165, 1.54) is 6.33 Å². The first-order chi connectivity index (χ1) is 14.8. The number of nitrogens with zero attached hydrogens (tertiary/aromatic N) is 2. The zero-order valence-electron chi connectivity index (χ0n) is 16.4. The molecule has 2 atom stereocenters. The Labute approximate surface area is 175 Å². The van der Waals surface area contributed by atoms with Crippen molar-refractivity contribution in [1.82, 2.24) is 15.2 Å². The average Bonchev–Trinajstić information content (AvgIpc) is 3.29. The molecule has 2 unspecified atom stereocenters. The van der Waals surface area contributed by atoms with Gasteiger partial charge in [-0.3, -0.25) is 9.89 Å².